The number of esters is 1. The van der Waals surface area contributed by atoms with Crippen molar-refractivity contribution in [1.82, 2.24) is 0 Å². The molecule has 0 aliphatic heterocycles. The van der Waals surface area contributed by atoms with E-state index in [2.05, 4.69) is 4.74 Å². The lowest BCUT2D eigenvalue weighted by molar-refractivity contribution is -0.136. The van der Waals surface area contributed by atoms with Gasteiger partial charge in [0.1, 0.15) is 0 Å². The molecule has 5 nitrogen and oxygen atoms in total. The lowest BCUT2D eigenvalue weighted by Crippen LogP contribution is -2.11. The summed E-state index contributed by atoms with van der Waals surface area (Å²) < 4.78 is 27.2. The second-order valence-corrected chi connectivity index (χ2v) is 5.37. The van der Waals surface area contributed by atoms with Gasteiger partial charge in [0.2, 0.25) is 0 Å². The van der Waals surface area contributed by atoms with E-state index < -0.39 is 13.6 Å². The molecule has 18 heavy (non-hydrogen) atoms. The topological polar surface area (TPSA) is 61.8 Å². The molecule has 0 aliphatic rings. The molecule has 0 N–H and O–H groups in total. The largest absolute Gasteiger partial charge is 0.466 e. The summed E-state index contributed by atoms with van der Waals surface area (Å²) in [7, 11) is -2.01. The van der Waals surface area contributed by atoms with Crippen molar-refractivity contribution in [3.05, 3.63) is 23.8 Å². The Bertz CT molecular complexity index is 349. The maximum absolute atomic E-state index is 12.3. The summed E-state index contributed by atoms with van der Waals surface area (Å²) in [6.07, 6.45) is 4.89. The first-order chi connectivity index (χ1) is 8.52. The number of carbonyl (C=O) groups is 1. The average Bonchev–Trinajstić information content (AvgIpc) is 2.34. The van der Waals surface area contributed by atoms with E-state index in [0.29, 0.717) is 0 Å². The van der Waals surface area contributed by atoms with E-state index in [9.17, 15) is 9.36 Å². The van der Waals surface area contributed by atoms with Gasteiger partial charge >= 0.3 is 13.6 Å². The summed E-state index contributed by atoms with van der Waals surface area (Å²) >= 11 is 0. The summed E-state index contributed by atoms with van der Waals surface area (Å²) in [5.74, 6) is -0.535. The smallest absolute Gasteiger partial charge is 0.335 e. The molecule has 0 fully saturated rings. The van der Waals surface area contributed by atoms with Gasteiger partial charge in [0.25, 0.3) is 0 Å². The zero-order chi connectivity index (χ0) is 14.0. The number of carbonyl (C=O) groups excluding carboxylic acids is 1. The Kier molecular flexibility index (Phi) is 8.63. The summed E-state index contributed by atoms with van der Waals surface area (Å²) in [5, 5.41) is 0. The maximum Gasteiger partial charge on any atom is 0.335 e. The molecule has 104 valence electrons. The molecule has 0 aliphatic carbocycles. The van der Waals surface area contributed by atoms with Crippen molar-refractivity contribution >= 4 is 13.6 Å². The normalized spacial score (nSPS) is 13.0. The van der Waals surface area contributed by atoms with Crippen LogP contribution < -0.4 is 0 Å². The SMILES string of the molecule is C/C=C\C=C(/CP(=O)(OCC)OCC)C(=O)OC. The van der Waals surface area contributed by atoms with Crippen LogP contribution >= 0.6 is 7.60 Å². The quantitative estimate of drug-likeness (QED) is 0.295. The summed E-state index contributed by atoms with van der Waals surface area (Å²) in [6.45, 7) is 5.78. The number of rotatable bonds is 8. The third-order valence-electron chi connectivity index (χ3n) is 1.95. The number of hydrogen-bond acceptors (Lipinski definition) is 5. The van der Waals surface area contributed by atoms with Gasteiger partial charge in [-0.2, -0.15) is 0 Å². The third kappa shape index (κ3) is 6.15. The summed E-state index contributed by atoms with van der Waals surface area (Å²) in [6, 6.07) is 0. The van der Waals surface area contributed by atoms with Gasteiger partial charge in [-0.25, -0.2) is 4.79 Å². The Balaban J connectivity index is 5.03. The molecule has 0 unspecified atom stereocenters. The minimum absolute atomic E-state index is 0.0916. The highest BCUT2D eigenvalue weighted by Crippen LogP contribution is 2.49. The van der Waals surface area contributed by atoms with E-state index in [1.54, 1.807) is 32.1 Å². The van der Waals surface area contributed by atoms with Crippen LogP contribution in [0.1, 0.15) is 20.8 Å². The fraction of sp³-hybridized carbons (Fsp3) is 0.583. The Morgan fingerprint density at radius 3 is 2.17 bits per heavy atom. The molecule has 0 radical (unpaired) electrons. The molecule has 0 heterocycles. The maximum atomic E-state index is 12.3. The molecule has 0 rings (SSSR count). The highest BCUT2D eigenvalue weighted by Gasteiger charge is 2.28. The lowest BCUT2D eigenvalue weighted by Gasteiger charge is -2.17. The molecule has 0 amide bonds. The standard InChI is InChI=1S/C12H21O5P/c1-5-8-9-11(12(13)15-4)10-18(14,16-6-2)17-7-3/h5,8-9H,6-7,10H2,1-4H3/b8-5-,11-9+. The molecule has 0 saturated carbocycles. The molecule has 0 saturated heterocycles. The van der Waals surface area contributed by atoms with Gasteiger partial charge in [0, 0.05) is 5.57 Å². The fourth-order valence-electron chi connectivity index (χ4n) is 1.26. The van der Waals surface area contributed by atoms with Crippen molar-refractivity contribution in [1.29, 1.82) is 0 Å². The van der Waals surface area contributed by atoms with Crippen LogP contribution in [0.3, 0.4) is 0 Å². The Morgan fingerprint density at radius 2 is 1.78 bits per heavy atom. The molecule has 0 aromatic rings. The zero-order valence-electron chi connectivity index (χ0n) is 11.3. The highest BCUT2D eigenvalue weighted by molar-refractivity contribution is 7.54. The number of hydrogen-bond donors (Lipinski definition) is 0. The van der Waals surface area contributed by atoms with Crippen LogP contribution in [0.5, 0.6) is 0 Å². The van der Waals surface area contributed by atoms with Gasteiger partial charge in [0.05, 0.1) is 26.5 Å². The van der Waals surface area contributed by atoms with E-state index in [1.807, 2.05) is 6.92 Å². The summed E-state index contributed by atoms with van der Waals surface area (Å²) in [4.78, 5) is 11.5. The Labute approximate surface area is 108 Å². The fourth-order valence-corrected chi connectivity index (χ4v) is 2.96. The first-order valence-electron chi connectivity index (χ1n) is 5.81. The zero-order valence-corrected chi connectivity index (χ0v) is 12.2. The number of ether oxygens (including phenoxy) is 1. The van der Waals surface area contributed by atoms with Crippen LogP contribution in [0.4, 0.5) is 0 Å². The second kappa shape index (κ2) is 9.09. The predicted octanol–water partition coefficient (Wildman–Crippen LogP) is 2.93. The van der Waals surface area contributed by atoms with Gasteiger partial charge in [-0.15, -0.1) is 0 Å². The van der Waals surface area contributed by atoms with Gasteiger partial charge in [-0.1, -0.05) is 18.2 Å². The van der Waals surface area contributed by atoms with Crippen LogP contribution in [0.2, 0.25) is 0 Å². The molecule has 0 bridgehead atoms. The number of allylic oxidation sites excluding steroid dienone is 3. The molecular formula is C12H21O5P. The van der Waals surface area contributed by atoms with E-state index >= 15 is 0 Å². The first-order valence-corrected chi connectivity index (χ1v) is 7.54. The van der Waals surface area contributed by atoms with Crippen molar-refractivity contribution in [3.8, 4) is 0 Å². The van der Waals surface area contributed by atoms with E-state index in [4.69, 9.17) is 9.05 Å². The van der Waals surface area contributed by atoms with Crippen molar-refractivity contribution in [2.75, 3.05) is 26.5 Å². The van der Waals surface area contributed by atoms with Crippen LogP contribution in [0, 0.1) is 0 Å². The van der Waals surface area contributed by atoms with E-state index in [1.165, 1.54) is 7.11 Å². The molecule has 0 aromatic heterocycles. The van der Waals surface area contributed by atoms with Crippen LogP contribution in [-0.4, -0.2) is 32.5 Å². The van der Waals surface area contributed by atoms with Crippen molar-refractivity contribution in [3.63, 3.8) is 0 Å². The van der Waals surface area contributed by atoms with Gasteiger partial charge in [-0.3, -0.25) is 4.57 Å². The first kappa shape index (κ1) is 17.1. The monoisotopic (exact) mass is 276 g/mol. The highest BCUT2D eigenvalue weighted by atomic mass is 31.2. The van der Waals surface area contributed by atoms with Crippen molar-refractivity contribution < 1.29 is 23.1 Å². The van der Waals surface area contributed by atoms with Crippen molar-refractivity contribution in [2.24, 2.45) is 0 Å². The number of methoxy groups -OCH3 is 1. The summed E-state index contributed by atoms with van der Waals surface area (Å²) in [5.41, 5.74) is 0.265. The van der Waals surface area contributed by atoms with E-state index in [0.717, 1.165) is 0 Å². The molecular weight excluding hydrogens is 255 g/mol. The second-order valence-electron chi connectivity index (χ2n) is 3.31. The van der Waals surface area contributed by atoms with Crippen LogP contribution in [-0.2, 0) is 23.1 Å². The minimum Gasteiger partial charge on any atom is -0.466 e. The molecule has 0 aromatic carbocycles. The molecule has 0 spiro atoms. The third-order valence-corrected chi connectivity index (χ3v) is 3.98. The van der Waals surface area contributed by atoms with Gasteiger partial charge in [0.15, 0.2) is 0 Å². The van der Waals surface area contributed by atoms with Crippen molar-refractivity contribution in [2.45, 2.75) is 20.8 Å². The lowest BCUT2D eigenvalue weighted by atomic mass is 10.3. The predicted molar refractivity (Wildman–Crippen MR) is 70.6 cm³/mol. The Hall–Kier alpha value is -0.900. The average molecular weight is 276 g/mol. The minimum atomic E-state index is -3.29. The Morgan fingerprint density at radius 1 is 1.22 bits per heavy atom. The molecule has 6 heteroatoms. The van der Waals surface area contributed by atoms with Crippen LogP contribution in [0.25, 0.3) is 0 Å². The van der Waals surface area contributed by atoms with E-state index in [-0.39, 0.29) is 24.9 Å². The van der Waals surface area contributed by atoms with Gasteiger partial charge < -0.3 is 13.8 Å². The van der Waals surface area contributed by atoms with Gasteiger partial charge in [-0.05, 0) is 20.8 Å². The molecule has 0 atom stereocenters. The van der Waals surface area contributed by atoms with Crippen LogP contribution in [0.15, 0.2) is 23.8 Å².